The van der Waals surface area contributed by atoms with E-state index in [1.165, 1.54) is 30.3 Å². The molecule has 0 aliphatic carbocycles. The first kappa shape index (κ1) is 17.8. The third-order valence-electron chi connectivity index (χ3n) is 3.24. The molecule has 24 heavy (non-hydrogen) atoms. The second-order valence-electron chi connectivity index (χ2n) is 5.29. The third kappa shape index (κ3) is 4.26. The van der Waals surface area contributed by atoms with Crippen LogP contribution in [0.4, 0.5) is 5.69 Å². The Kier molecular flexibility index (Phi) is 5.46. The van der Waals surface area contributed by atoms with E-state index in [2.05, 4.69) is 4.72 Å². The van der Waals surface area contributed by atoms with Gasteiger partial charge in [-0.15, -0.1) is 0 Å². The van der Waals surface area contributed by atoms with E-state index < -0.39 is 16.0 Å². The number of phenols is 1. The topological polar surface area (TPSA) is 92.7 Å². The number of anilines is 1. The number of carbonyl (C=O) groups excluding carboxylic acids is 1. The number of aryl methyl sites for hydroxylation is 1. The largest absolute Gasteiger partial charge is 0.507 e. The highest BCUT2D eigenvalue weighted by atomic mass is 32.2. The maximum absolute atomic E-state index is 12.3. The van der Waals surface area contributed by atoms with Crippen LogP contribution in [-0.2, 0) is 14.8 Å². The van der Waals surface area contributed by atoms with Gasteiger partial charge in [0.25, 0.3) is 10.0 Å². The Bertz CT molecular complexity index is 829. The van der Waals surface area contributed by atoms with Crippen LogP contribution in [0.3, 0.4) is 0 Å². The molecule has 0 saturated carbocycles. The highest BCUT2D eigenvalue weighted by molar-refractivity contribution is 7.92. The van der Waals surface area contributed by atoms with Crippen LogP contribution in [-0.4, -0.2) is 26.1 Å². The summed E-state index contributed by atoms with van der Waals surface area (Å²) >= 11 is 0. The van der Waals surface area contributed by atoms with Crippen molar-refractivity contribution in [3.05, 3.63) is 53.6 Å². The van der Waals surface area contributed by atoms with E-state index in [1.807, 2.05) is 13.8 Å². The second kappa shape index (κ2) is 7.35. The highest BCUT2D eigenvalue weighted by Crippen LogP contribution is 2.25. The van der Waals surface area contributed by atoms with Gasteiger partial charge in [-0.25, -0.2) is 13.2 Å². The lowest BCUT2D eigenvalue weighted by atomic mass is 10.2. The average molecular weight is 349 g/mol. The molecule has 0 radical (unpaired) electrons. The van der Waals surface area contributed by atoms with Crippen molar-refractivity contribution in [1.29, 1.82) is 0 Å². The Morgan fingerprint density at radius 3 is 2.42 bits per heavy atom. The summed E-state index contributed by atoms with van der Waals surface area (Å²) in [5, 5.41) is 9.93. The van der Waals surface area contributed by atoms with Crippen LogP contribution in [0.25, 0.3) is 0 Å². The van der Waals surface area contributed by atoms with Crippen molar-refractivity contribution in [2.24, 2.45) is 0 Å². The minimum atomic E-state index is -3.77. The van der Waals surface area contributed by atoms with E-state index in [1.54, 1.807) is 12.1 Å². The second-order valence-corrected chi connectivity index (χ2v) is 6.97. The average Bonchev–Trinajstić information content (AvgIpc) is 2.52. The summed E-state index contributed by atoms with van der Waals surface area (Å²) in [7, 11) is -3.77. The Hall–Kier alpha value is -2.54. The summed E-state index contributed by atoms with van der Waals surface area (Å²) in [5.74, 6) is -0.998. The first-order valence-electron chi connectivity index (χ1n) is 7.43. The van der Waals surface area contributed by atoms with Crippen LogP contribution in [0.1, 0.15) is 29.3 Å². The third-order valence-corrected chi connectivity index (χ3v) is 4.64. The molecule has 2 N–H and O–H groups in total. The molecule has 0 saturated heterocycles. The number of sulfonamides is 1. The lowest BCUT2D eigenvalue weighted by Crippen LogP contribution is -2.13. The summed E-state index contributed by atoms with van der Waals surface area (Å²) in [6.45, 7) is 3.97. The summed E-state index contributed by atoms with van der Waals surface area (Å²) in [6.07, 6.45) is 0.668. The standard InChI is InChI=1S/C17H19NO5S/c1-3-10-23-17(20)15-9-6-13(11-16(15)19)18-24(21,22)14-7-4-12(2)5-8-14/h4-9,11,18-19H,3,10H2,1-2H3. The SMILES string of the molecule is CCCOC(=O)c1ccc(NS(=O)(=O)c2ccc(C)cc2)cc1O. The van der Waals surface area contributed by atoms with Gasteiger partial charge in [0.15, 0.2) is 0 Å². The fourth-order valence-electron chi connectivity index (χ4n) is 1.97. The Morgan fingerprint density at radius 1 is 1.17 bits per heavy atom. The van der Waals surface area contributed by atoms with Crippen molar-refractivity contribution in [3.63, 3.8) is 0 Å². The molecule has 0 unspecified atom stereocenters. The number of carbonyl (C=O) groups is 1. The molecule has 0 spiro atoms. The van der Waals surface area contributed by atoms with Gasteiger partial charge in [-0.05, 0) is 37.6 Å². The van der Waals surface area contributed by atoms with Gasteiger partial charge in [0, 0.05) is 6.07 Å². The predicted molar refractivity (Wildman–Crippen MR) is 90.7 cm³/mol. The van der Waals surface area contributed by atoms with Gasteiger partial charge in [0.1, 0.15) is 11.3 Å². The first-order chi connectivity index (χ1) is 11.3. The molecule has 0 fully saturated rings. The van der Waals surface area contributed by atoms with Crippen molar-refractivity contribution in [2.75, 3.05) is 11.3 Å². The van der Waals surface area contributed by atoms with E-state index in [4.69, 9.17) is 4.74 Å². The van der Waals surface area contributed by atoms with Crippen LogP contribution >= 0.6 is 0 Å². The number of phenolic OH excluding ortho intramolecular Hbond substituents is 1. The van der Waals surface area contributed by atoms with Crippen LogP contribution in [0.15, 0.2) is 47.4 Å². The van der Waals surface area contributed by atoms with Crippen molar-refractivity contribution in [3.8, 4) is 5.75 Å². The van der Waals surface area contributed by atoms with E-state index in [9.17, 15) is 18.3 Å². The van der Waals surface area contributed by atoms with Crippen molar-refractivity contribution in [2.45, 2.75) is 25.2 Å². The van der Waals surface area contributed by atoms with Gasteiger partial charge >= 0.3 is 5.97 Å². The van der Waals surface area contributed by atoms with E-state index >= 15 is 0 Å². The van der Waals surface area contributed by atoms with E-state index in [0.29, 0.717) is 6.42 Å². The van der Waals surface area contributed by atoms with E-state index in [-0.39, 0.29) is 28.5 Å². The molecular formula is C17H19NO5S. The Labute approximate surface area is 141 Å². The van der Waals surface area contributed by atoms with E-state index in [0.717, 1.165) is 5.56 Å². The smallest absolute Gasteiger partial charge is 0.341 e. The van der Waals surface area contributed by atoms with Gasteiger partial charge in [-0.2, -0.15) is 0 Å². The highest BCUT2D eigenvalue weighted by Gasteiger charge is 2.17. The lowest BCUT2D eigenvalue weighted by molar-refractivity contribution is 0.0502. The molecule has 0 aliphatic rings. The number of esters is 1. The van der Waals surface area contributed by atoms with Gasteiger partial charge in [0.2, 0.25) is 0 Å². The van der Waals surface area contributed by atoms with Gasteiger partial charge in [-0.1, -0.05) is 24.6 Å². The number of ether oxygens (including phenoxy) is 1. The predicted octanol–water partition coefficient (Wildman–Crippen LogP) is 3.07. The summed E-state index contributed by atoms with van der Waals surface area (Å²) in [5.41, 5.74) is 1.09. The molecule has 128 valence electrons. The number of hydrogen-bond acceptors (Lipinski definition) is 5. The molecule has 0 amide bonds. The maximum Gasteiger partial charge on any atom is 0.341 e. The molecule has 0 bridgehead atoms. The van der Waals surface area contributed by atoms with Crippen LogP contribution < -0.4 is 4.72 Å². The molecule has 2 aromatic carbocycles. The molecular weight excluding hydrogens is 330 g/mol. The number of aromatic hydroxyl groups is 1. The van der Waals surface area contributed by atoms with Crippen LogP contribution in [0, 0.1) is 6.92 Å². The number of benzene rings is 2. The molecule has 0 heterocycles. The molecule has 0 aromatic heterocycles. The van der Waals surface area contributed by atoms with Gasteiger partial charge in [-0.3, -0.25) is 4.72 Å². The lowest BCUT2D eigenvalue weighted by Gasteiger charge is -2.10. The minimum Gasteiger partial charge on any atom is -0.507 e. The number of hydrogen-bond donors (Lipinski definition) is 2. The normalized spacial score (nSPS) is 11.1. The van der Waals surface area contributed by atoms with Gasteiger partial charge in [0.05, 0.1) is 17.2 Å². The van der Waals surface area contributed by atoms with Crippen molar-refractivity contribution >= 4 is 21.7 Å². The minimum absolute atomic E-state index is 0.0123. The zero-order valence-corrected chi connectivity index (χ0v) is 14.3. The zero-order chi connectivity index (χ0) is 17.7. The molecule has 6 nitrogen and oxygen atoms in total. The molecule has 0 atom stereocenters. The summed E-state index contributed by atoms with van der Waals surface area (Å²) in [4.78, 5) is 11.9. The fourth-order valence-corrected chi connectivity index (χ4v) is 3.02. The van der Waals surface area contributed by atoms with Crippen molar-refractivity contribution in [1.82, 2.24) is 0 Å². The number of rotatable bonds is 6. The quantitative estimate of drug-likeness (QED) is 0.782. The summed E-state index contributed by atoms with van der Waals surface area (Å²) < 4.78 is 31.9. The fraction of sp³-hybridized carbons (Fsp3) is 0.235. The number of nitrogens with one attached hydrogen (secondary N) is 1. The van der Waals surface area contributed by atoms with Crippen LogP contribution in [0.2, 0.25) is 0 Å². The monoisotopic (exact) mass is 349 g/mol. The van der Waals surface area contributed by atoms with Crippen LogP contribution in [0.5, 0.6) is 5.75 Å². The Morgan fingerprint density at radius 2 is 1.83 bits per heavy atom. The van der Waals surface area contributed by atoms with Crippen molar-refractivity contribution < 1.29 is 23.1 Å². The molecule has 2 rings (SSSR count). The molecule has 2 aromatic rings. The maximum atomic E-state index is 12.3. The molecule has 0 aliphatic heterocycles. The Balaban J connectivity index is 2.20. The zero-order valence-electron chi connectivity index (χ0n) is 13.4. The molecule has 7 heteroatoms. The summed E-state index contributed by atoms with van der Waals surface area (Å²) in [6, 6.07) is 10.3. The van der Waals surface area contributed by atoms with Gasteiger partial charge < -0.3 is 9.84 Å². The first-order valence-corrected chi connectivity index (χ1v) is 8.91.